The molecule has 0 saturated carbocycles. The minimum absolute atomic E-state index is 0.155. The Balaban J connectivity index is 2.13. The molecule has 1 fully saturated rings. The lowest BCUT2D eigenvalue weighted by atomic mass is 10.1. The Hall–Kier alpha value is -1.23. The van der Waals surface area contributed by atoms with Crippen LogP contribution in [0, 0.1) is 5.82 Å². The quantitative estimate of drug-likeness (QED) is 0.885. The summed E-state index contributed by atoms with van der Waals surface area (Å²) in [6.07, 6.45) is 1.04. The fourth-order valence-electron chi connectivity index (χ4n) is 2.04. The number of halogens is 1. The maximum atomic E-state index is 13.7. The van der Waals surface area contributed by atoms with Crippen molar-refractivity contribution in [2.24, 2.45) is 0 Å². The Morgan fingerprint density at radius 3 is 2.89 bits per heavy atom. The number of carbonyl (C=O) groups is 1. The lowest BCUT2D eigenvalue weighted by Crippen LogP contribution is -2.25. The van der Waals surface area contributed by atoms with E-state index in [1.807, 2.05) is 11.8 Å². The van der Waals surface area contributed by atoms with Crippen molar-refractivity contribution < 1.29 is 9.18 Å². The third kappa shape index (κ3) is 3.16. The van der Waals surface area contributed by atoms with Gasteiger partial charge in [0.05, 0.1) is 5.69 Å². The predicted octanol–water partition coefficient (Wildman–Crippen LogP) is 3.09. The van der Waals surface area contributed by atoms with E-state index < -0.39 is 0 Å². The fraction of sp³-hybridized carbons (Fsp3) is 0.462. The van der Waals surface area contributed by atoms with Gasteiger partial charge in [-0.2, -0.15) is 11.8 Å². The number of thioether (sulfide) groups is 1. The minimum atomic E-state index is -0.284. The average molecular weight is 268 g/mol. The van der Waals surface area contributed by atoms with Gasteiger partial charge >= 0.3 is 0 Å². The largest absolute Gasteiger partial charge is 0.379 e. The molecule has 98 valence electrons. The molecule has 2 atom stereocenters. The number of amides is 1. The van der Waals surface area contributed by atoms with Gasteiger partial charge in [-0.05, 0) is 30.4 Å². The van der Waals surface area contributed by atoms with Gasteiger partial charge in [0.15, 0.2) is 0 Å². The fourth-order valence-corrected chi connectivity index (χ4v) is 3.24. The van der Waals surface area contributed by atoms with Crippen LogP contribution >= 0.6 is 11.8 Å². The van der Waals surface area contributed by atoms with Crippen LogP contribution in [0.2, 0.25) is 0 Å². The molecular weight excluding hydrogens is 251 g/mol. The summed E-state index contributed by atoms with van der Waals surface area (Å²) in [5, 5.41) is 6.36. The normalized spacial score (nSPS) is 22.8. The number of nitrogens with one attached hydrogen (secondary N) is 2. The summed E-state index contributed by atoms with van der Waals surface area (Å²) in [7, 11) is 0. The molecule has 0 bridgehead atoms. The highest BCUT2D eigenvalue weighted by Gasteiger charge is 2.24. The molecule has 3 nitrogen and oxygen atoms in total. The van der Waals surface area contributed by atoms with Gasteiger partial charge in [-0.15, -0.1) is 0 Å². The number of anilines is 2. The Kier molecular flexibility index (Phi) is 4.11. The van der Waals surface area contributed by atoms with Crippen molar-refractivity contribution in [3.63, 3.8) is 0 Å². The van der Waals surface area contributed by atoms with Gasteiger partial charge in [-0.3, -0.25) is 4.79 Å². The van der Waals surface area contributed by atoms with Crippen molar-refractivity contribution >= 4 is 29.0 Å². The van der Waals surface area contributed by atoms with Gasteiger partial charge in [-0.1, -0.05) is 6.92 Å². The number of carbonyl (C=O) groups excluding carboxylic acids is 1. The highest BCUT2D eigenvalue weighted by atomic mass is 32.2. The number of rotatable bonds is 3. The van der Waals surface area contributed by atoms with Crippen LogP contribution in [0.3, 0.4) is 0 Å². The summed E-state index contributed by atoms with van der Waals surface area (Å²) >= 11 is 1.89. The summed E-state index contributed by atoms with van der Waals surface area (Å²) in [5.74, 6) is 0.664. The molecule has 2 N–H and O–H groups in total. The van der Waals surface area contributed by atoms with Crippen molar-refractivity contribution in [3.8, 4) is 0 Å². The SMILES string of the molecule is CC(=O)Nc1ccc(F)c(NC2CCSC2C)c1. The van der Waals surface area contributed by atoms with E-state index in [9.17, 15) is 9.18 Å². The van der Waals surface area contributed by atoms with Crippen molar-refractivity contribution in [3.05, 3.63) is 24.0 Å². The Morgan fingerprint density at radius 2 is 2.28 bits per heavy atom. The van der Waals surface area contributed by atoms with Crippen LogP contribution in [0.5, 0.6) is 0 Å². The van der Waals surface area contributed by atoms with E-state index in [2.05, 4.69) is 17.6 Å². The highest BCUT2D eigenvalue weighted by Crippen LogP contribution is 2.30. The van der Waals surface area contributed by atoms with Crippen molar-refractivity contribution in [2.75, 3.05) is 16.4 Å². The van der Waals surface area contributed by atoms with Crippen LogP contribution in [-0.4, -0.2) is 23.0 Å². The number of benzene rings is 1. The third-order valence-electron chi connectivity index (χ3n) is 3.00. The molecule has 0 aromatic heterocycles. The molecule has 5 heteroatoms. The monoisotopic (exact) mass is 268 g/mol. The highest BCUT2D eigenvalue weighted by molar-refractivity contribution is 8.00. The summed E-state index contributed by atoms with van der Waals surface area (Å²) in [6, 6.07) is 4.87. The molecule has 1 heterocycles. The Labute approximate surface area is 111 Å². The zero-order valence-corrected chi connectivity index (χ0v) is 11.3. The molecule has 1 aliphatic rings. The van der Waals surface area contributed by atoms with Crippen molar-refractivity contribution in [2.45, 2.75) is 31.6 Å². The van der Waals surface area contributed by atoms with Crippen LogP contribution in [-0.2, 0) is 4.79 Å². The summed E-state index contributed by atoms with van der Waals surface area (Å²) in [6.45, 7) is 3.58. The molecule has 1 saturated heterocycles. The van der Waals surface area contributed by atoms with Gasteiger partial charge in [0.1, 0.15) is 5.82 Å². The van der Waals surface area contributed by atoms with E-state index in [-0.39, 0.29) is 17.8 Å². The van der Waals surface area contributed by atoms with Crippen LogP contribution in [0.15, 0.2) is 18.2 Å². The van der Waals surface area contributed by atoms with E-state index in [0.717, 1.165) is 12.2 Å². The molecule has 0 aliphatic carbocycles. The minimum Gasteiger partial charge on any atom is -0.379 e. The van der Waals surface area contributed by atoms with Crippen LogP contribution in [0.25, 0.3) is 0 Å². The number of hydrogen-bond donors (Lipinski definition) is 2. The molecule has 0 spiro atoms. The van der Waals surface area contributed by atoms with Crippen molar-refractivity contribution in [1.29, 1.82) is 0 Å². The molecular formula is C13H17FN2OS. The van der Waals surface area contributed by atoms with E-state index in [4.69, 9.17) is 0 Å². The second kappa shape index (κ2) is 5.61. The second-order valence-electron chi connectivity index (χ2n) is 4.49. The molecule has 1 amide bonds. The van der Waals surface area contributed by atoms with Crippen molar-refractivity contribution in [1.82, 2.24) is 0 Å². The Morgan fingerprint density at radius 1 is 1.50 bits per heavy atom. The first kappa shape index (κ1) is 13.2. The maximum Gasteiger partial charge on any atom is 0.221 e. The molecule has 18 heavy (non-hydrogen) atoms. The molecule has 1 aromatic rings. The molecule has 2 unspecified atom stereocenters. The first-order valence-electron chi connectivity index (χ1n) is 6.01. The summed E-state index contributed by atoms with van der Waals surface area (Å²) in [4.78, 5) is 11.0. The van der Waals surface area contributed by atoms with Gasteiger partial charge in [0.25, 0.3) is 0 Å². The Bertz CT molecular complexity index is 453. The van der Waals surface area contributed by atoms with Gasteiger partial charge in [0, 0.05) is 23.9 Å². The third-order valence-corrected chi connectivity index (χ3v) is 4.33. The first-order valence-corrected chi connectivity index (χ1v) is 7.06. The van der Waals surface area contributed by atoms with Gasteiger partial charge in [0.2, 0.25) is 5.91 Å². The molecule has 2 rings (SSSR count). The van der Waals surface area contributed by atoms with E-state index in [1.165, 1.54) is 13.0 Å². The average Bonchev–Trinajstić information content (AvgIpc) is 2.69. The zero-order chi connectivity index (χ0) is 13.1. The predicted molar refractivity (Wildman–Crippen MR) is 74.7 cm³/mol. The first-order chi connectivity index (χ1) is 8.56. The smallest absolute Gasteiger partial charge is 0.221 e. The number of hydrogen-bond acceptors (Lipinski definition) is 3. The molecule has 0 radical (unpaired) electrons. The molecule has 1 aromatic carbocycles. The summed E-state index contributed by atoms with van der Waals surface area (Å²) in [5.41, 5.74) is 1.07. The van der Waals surface area contributed by atoms with Crippen LogP contribution in [0.1, 0.15) is 20.3 Å². The van der Waals surface area contributed by atoms with E-state index >= 15 is 0 Å². The topological polar surface area (TPSA) is 41.1 Å². The maximum absolute atomic E-state index is 13.7. The zero-order valence-electron chi connectivity index (χ0n) is 10.5. The lowest BCUT2D eigenvalue weighted by molar-refractivity contribution is -0.114. The van der Waals surface area contributed by atoms with Gasteiger partial charge < -0.3 is 10.6 Å². The van der Waals surface area contributed by atoms with Crippen LogP contribution < -0.4 is 10.6 Å². The second-order valence-corrected chi connectivity index (χ2v) is 5.98. The van der Waals surface area contributed by atoms with E-state index in [0.29, 0.717) is 16.6 Å². The molecule has 1 aliphatic heterocycles. The standard InChI is InChI=1S/C13H17FN2OS/c1-8-12(5-6-18-8)16-13-7-10(15-9(2)17)3-4-11(13)14/h3-4,7-8,12,16H,5-6H2,1-2H3,(H,15,17). The van der Waals surface area contributed by atoms with Crippen LogP contribution in [0.4, 0.5) is 15.8 Å². The lowest BCUT2D eigenvalue weighted by Gasteiger charge is -2.19. The van der Waals surface area contributed by atoms with Gasteiger partial charge in [-0.25, -0.2) is 4.39 Å². The van der Waals surface area contributed by atoms with E-state index in [1.54, 1.807) is 12.1 Å². The summed E-state index contributed by atoms with van der Waals surface area (Å²) < 4.78 is 13.7.